The van der Waals surface area contributed by atoms with Crippen LogP contribution in [0.4, 0.5) is 5.82 Å². The van der Waals surface area contributed by atoms with Crippen molar-refractivity contribution in [1.82, 2.24) is 20.5 Å². The van der Waals surface area contributed by atoms with Crippen molar-refractivity contribution >= 4 is 46.6 Å². The van der Waals surface area contributed by atoms with Crippen molar-refractivity contribution in [1.29, 1.82) is 0 Å². The largest absolute Gasteiger partial charge is 0.354 e. The first-order valence-electron chi connectivity index (χ1n) is 10.8. The van der Waals surface area contributed by atoms with Gasteiger partial charge in [0, 0.05) is 79.4 Å². The van der Waals surface area contributed by atoms with Crippen LogP contribution in [-0.4, -0.2) is 77.4 Å². The molecule has 1 aromatic rings. The maximum absolute atomic E-state index is 12.2. The summed E-state index contributed by atoms with van der Waals surface area (Å²) in [7, 11) is 3.27. The van der Waals surface area contributed by atoms with Gasteiger partial charge in [-0.3, -0.25) is 9.20 Å². The van der Waals surface area contributed by atoms with Gasteiger partial charge in [0.15, 0.2) is 5.96 Å². The minimum Gasteiger partial charge on any atom is -0.354 e. The molecule has 2 fully saturated rings. The molecule has 0 spiro atoms. The molecule has 1 aromatic heterocycles. The molecule has 3 unspecified atom stereocenters. The zero-order valence-corrected chi connectivity index (χ0v) is 21.6. The number of pyridine rings is 1. The zero-order valence-electron chi connectivity index (χ0n) is 18.5. The highest BCUT2D eigenvalue weighted by atomic mass is 127. The minimum atomic E-state index is -0.711. The third-order valence-corrected chi connectivity index (χ3v) is 7.70. The Labute approximate surface area is 201 Å². The van der Waals surface area contributed by atoms with Crippen molar-refractivity contribution in [2.45, 2.75) is 50.4 Å². The van der Waals surface area contributed by atoms with E-state index in [-0.39, 0.29) is 24.0 Å². The number of anilines is 1. The molecule has 1 saturated carbocycles. The summed E-state index contributed by atoms with van der Waals surface area (Å²) in [4.78, 5) is 13.8. The molecule has 1 aliphatic heterocycles. The van der Waals surface area contributed by atoms with Crippen LogP contribution in [0, 0.1) is 0 Å². The molecule has 170 valence electrons. The third kappa shape index (κ3) is 7.05. The van der Waals surface area contributed by atoms with E-state index in [9.17, 15) is 4.21 Å². The predicted molar refractivity (Wildman–Crippen MR) is 137 cm³/mol. The summed E-state index contributed by atoms with van der Waals surface area (Å²) in [6.45, 7) is 6.84. The quantitative estimate of drug-likeness (QED) is 0.323. The van der Waals surface area contributed by atoms with Crippen LogP contribution in [-0.2, 0) is 17.3 Å². The number of aliphatic imine (C=N–C) groups is 1. The first-order chi connectivity index (χ1) is 14.1. The van der Waals surface area contributed by atoms with E-state index in [1.54, 1.807) is 0 Å². The fourth-order valence-corrected chi connectivity index (χ4v) is 5.54. The van der Waals surface area contributed by atoms with Gasteiger partial charge in [-0.05, 0) is 32.4 Å². The first kappa shape index (κ1) is 25.3. The SMILES string of the molecule is CCS(=O)C1CCCC(NC(=NC)NCc2cccnc2N2CCN(C)CC2)C1.I. The highest BCUT2D eigenvalue weighted by Gasteiger charge is 2.26. The standard InChI is InChI=1S/C21H36N6OS.HI/c1-4-29(28)19-9-5-8-18(15-19)25-21(22-2)24-16-17-7-6-10-23-20(17)27-13-11-26(3)12-14-27;/h6-7,10,18-19H,4-5,8-9,11-16H2,1-3H3,(H2,22,24,25);1H. The number of hydrogen-bond donors (Lipinski definition) is 2. The van der Waals surface area contributed by atoms with Gasteiger partial charge in [0.2, 0.25) is 0 Å². The van der Waals surface area contributed by atoms with Crippen molar-refractivity contribution < 1.29 is 4.21 Å². The lowest BCUT2D eigenvalue weighted by molar-refractivity contribution is 0.312. The number of aromatic nitrogens is 1. The van der Waals surface area contributed by atoms with Gasteiger partial charge in [-0.25, -0.2) is 4.98 Å². The molecule has 2 aliphatic rings. The van der Waals surface area contributed by atoms with Gasteiger partial charge in [0.05, 0.1) is 0 Å². The molecular formula is C21H37IN6OS. The molecule has 30 heavy (non-hydrogen) atoms. The van der Waals surface area contributed by atoms with Crippen LogP contribution >= 0.6 is 24.0 Å². The second-order valence-corrected chi connectivity index (χ2v) is 10.0. The van der Waals surface area contributed by atoms with E-state index in [1.165, 1.54) is 5.56 Å². The Balaban J connectivity index is 0.00000320. The van der Waals surface area contributed by atoms with Crippen molar-refractivity contribution in [3.8, 4) is 0 Å². The van der Waals surface area contributed by atoms with Crippen LogP contribution in [0.1, 0.15) is 38.2 Å². The Morgan fingerprint density at radius 2 is 2.07 bits per heavy atom. The molecular weight excluding hydrogens is 511 g/mol. The van der Waals surface area contributed by atoms with E-state index in [4.69, 9.17) is 0 Å². The summed E-state index contributed by atoms with van der Waals surface area (Å²) < 4.78 is 12.2. The van der Waals surface area contributed by atoms with Crippen LogP contribution in [0.15, 0.2) is 23.3 Å². The number of guanidine groups is 1. The second kappa shape index (κ2) is 12.8. The Morgan fingerprint density at radius 3 is 2.77 bits per heavy atom. The van der Waals surface area contributed by atoms with Crippen LogP contribution in [0.3, 0.4) is 0 Å². The van der Waals surface area contributed by atoms with Crippen molar-refractivity contribution in [2.24, 2.45) is 4.99 Å². The van der Waals surface area contributed by atoms with Crippen LogP contribution < -0.4 is 15.5 Å². The molecule has 0 bridgehead atoms. The Hall–Kier alpha value is -0.940. The van der Waals surface area contributed by atoms with Crippen LogP contribution in [0.25, 0.3) is 0 Å². The number of rotatable bonds is 6. The van der Waals surface area contributed by atoms with Gasteiger partial charge >= 0.3 is 0 Å². The van der Waals surface area contributed by atoms with Crippen molar-refractivity contribution in [3.05, 3.63) is 23.9 Å². The molecule has 1 aliphatic carbocycles. The fourth-order valence-electron chi connectivity index (χ4n) is 4.19. The molecule has 1 saturated heterocycles. The summed E-state index contributed by atoms with van der Waals surface area (Å²) in [6, 6.07) is 4.47. The molecule has 0 radical (unpaired) electrons. The van der Waals surface area contributed by atoms with Gasteiger partial charge in [0.25, 0.3) is 0 Å². The van der Waals surface area contributed by atoms with E-state index in [2.05, 4.69) is 43.5 Å². The van der Waals surface area contributed by atoms with Crippen LogP contribution in [0.5, 0.6) is 0 Å². The lowest BCUT2D eigenvalue weighted by Crippen LogP contribution is -2.47. The molecule has 7 nitrogen and oxygen atoms in total. The van der Waals surface area contributed by atoms with Gasteiger partial charge in [-0.15, -0.1) is 24.0 Å². The number of likely N-dealkylation sites (N-methyl/N-ethyl adjacent to an activating group) is 1. The number of halogens is 1. The number of nitrogens with zero attached hydrogens (tertiary/aromatic N) is 4. The smallest absolute Gasteiger partial charge is 0.191 e. The lowest BCUT2D eigenvalue weighted by Gasteiger charge is -2.34. The van der Waals surface area contributed by atoms with Crippen LogP contribution in [0.2, 0.25) is 0 Å². The summed E-state index contributed by atoms with van der Waals surface area (Å²) >= 11 is 0. The molecule has 2 heterocycles. The summed E-state index contributed by atoms with van der Waals surface area (Å²) in [5, 5.41) is 7.33. The maximum Gasteiger partial charge on any atom is 0.191 e. The summed E-state index contributed by atoms with van der Waals surface area (Å²) in [5.74, 6) is 2.63. The average Bonchev–Trinajstić information content (AvgIpc) is 2.77. The summed E-state index contributed by atoms with van der Waals surface area (Å²) in [6.07, 6.45) is 6.15. The number of hydrogen-bond acceptors (Lipinski definition) is 5. The number of piperazine rings is 1. The maximum atomic E-state index is 12.2. The predicted octanol–water partition coefficient (Wildman–Crippen LogP) is 2.20. The highest BCUT2D eigenvalue weighted by molar-refractivity contribution is 14.0. The van der Waals surface area contributed by atoms with Gasteiger partial charge in [-0.2, -0.15) is 0 Å². The Bertz CT molecular complexity index is 710. The molecule has 0 aromatic carbocycles. The van der Waals surface area contributed by atoms with Gasteiger partial charge in [0.1, 0.15) is 5.82 Å². The van der Waals surface area contributed by atoms with Gasteiger partial charge in [-0.1, -0.05) is 19.4 Å². The normalized spacial score (nSPS) is 24.1. The van der Waals surface area contributed by atoms with Crippen molar-refractivity contribution in [2.75, 3.05) is 50.9 Å². The third-order valence-electron chi connectivity index (χ3n) is 5.96. The van der Waals surface area contributed by atoms with E-state index in [1.807, 2.05) is 26.2 Å². The summed E-state index contributed by atoms with van der Waals surface area (Å²) in [5.41, 5.74) is 1.19. The Kier molecular flexibility index (Phi) is 10.8. The first-order valence-corrected chi connectivity index (χ1v) is 12.2. The molecule has 9 heteroatoms. The van der Waals surface area contributed by atoms with Crippen molar-refractivity contribution in [3.63, 3.8) is 0 Å². The van der Waals surface area contributed by atoms with E-state index in [0.29, 0.717) is 17.8 Å². The molecule has 3 atom stereocenters. The molecule has 2 N–H and O–H groups in total. The van der Waals surface area contributed by atoms with E-state index < -0.39 is 10.8 Å². The Morgan fingerprint density at radius 1 is 1.30 bits per heavy atom. The second-order valence-electron chi connectivity index (χ2n) is 8.00. The number of nitrogens with one attached hydrogen (secondary N) is 2. The molecule has 3 rings (SSSR count). The lowest BCUT2D eigenvalue weighted by atomic mass is 9.95. The topological polar surface area (TPSA) is 72.9 Å². The fraction of sp³-hybridized carbons (Fsp3) is 0.714. The van der Waals surface area contributed by atoms with E-state index >= 15 is 0 Å². The monoisotopic (exact) mass is 548 g/mol. The average molecular weight is 549 g/mol. The van der Waals surface area contributed by atoms with E-state index in [0.717, 1.165) is 69.4 Å². The zero-order chi connectivity index (χ0) is 20.6. The molecule has 0 amide bonds. The highest BCUT2D eigenvalue weighted by Crippen LogP contribution is 2.23. The van der Waals surface area contributed by atoms with Gasteiger partial charge < -0.3 is 20.4 Å². The minimum absolute atomic E-state index is 0.